The summed E-state index contributed by atoms with van der Waals surface area (Å²) in [5.74, 6) is -0.373. The maximum atomic E-state index is 13.3. The Labute approximate surface area is 104 Å². The third kappa shape index (κ3) is 2.63. The zero-order valence-electron chi connectivity index (χ0n) is 9.77. The summed E-state index contributed by atoms with van der Waals surface area (Å²) in [7, 11) is 0. The van der Waals surface area contributed by atoms with Crippen molar-refractivity contribution in [2.75, 3.05) is 11.1 Å². The lowest BCUT2D eigenvalue weighted by molar-refractivity contribution is 0.102. The Balaban J connectivity index is 2.16. The summed E-state index contributed by atoms with van der Waals surface area (Å²) in [6, 6.07) is 7.61. The molecule has 1 heterocycles. The molecule has 0 radical (unpaired) electrons. The van der Waals surface area contributed by atoms with Gasteiger partial charge in [0.2, 0.25) is 0 Å². The average Bonchev–Trinajstić information content (AvgIpc) is 2.34. The summed E-state index contributed by atoms with van der Waals surface area (Å²) in [6.07, 6.45) is 1.37. The van der Waals surface area contributed by atoms with E-state index in [1.54, 1.807) is 25.1 Å². The minimum Gasteiger partial charge on any atom is -0.384 e. The first kappa shape index (κ1) is 12.0. The van der Waals surface area contributed by atoms with Crippen LogP contribution < -0.4 is 11.1 Å². The van der Waals surface area contributed by atoms with Crippen molar-refractivity contribution in [1.29, 1.82) is 0 Å². The second-order valence-electron chi connectivity index (χ2n) is 3.89. The number of hydrogen-bond acceptors (Lipinski definition) is 3. The number of amides is 1. The van der Waals surface area contributed by atoms with Gasteiger partial charge < -0.3 is 11.1 Å². The number of benzene rings is 1. The van der Waals surface area contributed by atoms with Crippen LogP contribution in [-0.2, 0) is 0 Å². The van der Waals surface area contributed by atoms with Crippen LogP contribution in [0.4, 0.5) is 15.9 Å². The van der Waals surface area contributed by atoms with Gasteiger partial charge in [-0.15, -0.1) is 0 Å². The number of carbonyl (C=O) groups is 1. The van der Waals surface area contributed by atoms with E-state index in [0.29, 0.717) is 22.6 Å². The molecule has 1 amide bonds. The summed E-state index contributed by atoms with van der Waals surface area (Å²) >= 11 is 0. The van der Waals surface area contributed by atoms with E-state index >= 15 is 0 Å². The first-order valence-electron chi connectivity index (χ1n) is 5.35. The summed E-state index contributed by atoms with van der Waals surface area (Å²) in [5.41, 5.74) is 6.72. The Bertz CT molecular complexity index is 581. The molecular formula is C13H12FN3O. The van der Waals surface area contributed by atoms with Crippen LogP contribution in [0.25, 0.3) is 0 Å². The molecule has 0 aliphatic heterocycles. The fraction of sp³-hybridized carbons (Fsp3) is 0.0769. The van der Waals surface area contributed by atoms with Crippen molar-refractivity contribution in [2.24, 2.45) is 0 Å². The first-order chi connectivity index (χ1) is 8.56. The van der Waals surface area contributed by atoms with Gasteiger partial charge in [-0.3, -0.25) is 4.79 Å². The van der Waals surface area contributed by atoms with E-state index in [1.165, 1.54) is 18.3 Å². The zero-order valence-corrected chi connectivity index (χ0v) is 9.77. The third-order valence-corrected chi connectivity index (χ3v) is 2.48. The highest BCUT2D eigenvalue weighted by molar-refractivity contribution is 6.04. The summed E-state index contributed by atoms with van der Waals surface area (Å²) in [4.78, 5) is 15.6. The second kappa shape index (κ2) is 4.83. The van der Waals surface area contributed by atoms with Crippen molar-refractivity contribution >= 4 is 17.4 Å². The summed E-state index contributed by atoms with van der Waals surface area (Å²) in [6.45, 7) is 1.66. The molecule has 1 aromatic carbocycles. The van der Waals surface area contributed by atoms with Gasteiger partial charge in [-0.1, -0.05) is 6.07 Å². The molecule has 92 valence electrons. The van der Waals surface area contributed by atoms with E-state index in [0.717, 1.165) is 0 Å². The van der Waals surface area contributed by atoms with Crippen molar-refractivity contribution < 1.29 is 9.18 Å². The fourth-order valence-corrected chi connectivity index (χ4v) is 1.41. The number of halogens is 1. The lowest BCUT2D eigenvalue weighted by Crippen LogP contribution is -2.12. The molecule has 2 aromatic rings. The number of hydrogen-bond donors (Lipinski definition) is 2. The number of pyridine rings is 1. The molecule has 2 rings (SSSR count). The molecule has 0 bridgehead atoms. The largest absolute Gasteiger partial charge is 0.384 e. The summed E-state index contributed by atoms with van der Waals surface area (Å²) in [5, 5.41) is 2.59. The maximum absolute atomic E-state index is 13.3. The van der Waals surface area contributed by atoms with Crippen LogP contribution in [-0.4, -0.2) is 10.9 Å². The molecule has 0 fully saturated rings. The van der Waals surface area contributed by atoms with Crippen LogP contribution in [0.1, 0.15) is 15.9 Å². The number of anilines is 2. The van der Waals surface area contributed by atoms with Crippen molar-refractivity contribution in [3.8, 4) is 0 Å². The van der Waals surface area contributed by atoms with Crippen LogP contribution >= 0.6 is 0 Å². The normalized spacial score (nSPS) is 10.1. The fourth-order valence-electron chi connectivity index (χ4n) is 1.41. The van der Waals surface area contributed by atoms with Crippen LogP contribution in [0.5, 0.6) is 0 Å². The summed E-state index contributed by atoms with van der Waals surface area (Å²) < 4.78 is 13.3. The van der Waals surface area contributed by atoms with Gasteiger partial charge >= 0.3 is 0 Å². The highest BCUT2D eigenvalue weighted by Crippen LogP contribution is 2.14. The third-order valence-electron chi connectivity index (χ3n) is 2.48. The van der Waals surface area contributed by atoms with Gasteiger partial charge in [0.25, 0.3) is 5.91 Å². The molecule has 0 aliphatic carbocycles. The van der Waals surface area contributed by atoms with Crippen LogP contribution in [0.3, 0.4) is 0 Å². The van der Waals surface area contributed by atoms with Gasteiger partial charge in [-0.2, -0.15) is 0 Å². The second-order valence-corrected chi connectivity index (χ2v) is 3.89. The van der Waals surface area contributed by atoms with Gasteiger partial charge in [0.1, 0.15) is 11.6 Å². The molecule has 1 aromatic heterocycles. The first-order valence-corrected chi connectivity index (χ1v) is 5.35. The van der Waals surface area contributed by atoms with E-state index < -0.39 is 0 Å². The minimum atomic E-state index is -0.358. The zero-order chi connectivity index (χ0) is 13.1. The predicted molar refractivity (Wildman–Crippen MR) is 67.7 cm³/mol. The van der Waals surface area contributed by atoms with Crippen LogP contribution in [0.2, 0.25) is 0 Å². The van der Waals surface area contributed by atoms with E-state index in [-0.39, 0.29) is 11.7 Å². The van der Waals surface area contributed by atoms with Gasteiger partial charge in [0.05, 0.1) is 5.56 Å². The molecule has 0 saturated carbocycles. The van der Waals surface area contributed by atoms with Crippen molar-refractivity contribution in [1.82, 2.24) is 4.98 Å². The average molecular weight is 245 g/mol. The van der Waals surface area contributed by atoms with Gasteiger partial charge in [0, 0.05) is 11.9 Å². The van der Waals surface area contributed by atoms with E-state index in [9.17, 15) is 9.18 Å². The smallest absolute Gasteiger partial charge is 0.257 e. The Kier molecular flexibility index (Phi) is 3.23. The minimum absolute atomic E-state index is 0.341. The van der Waals surface area contributed by atoms with Crippen molar-refractivity contribution in [3.05, 3.63) is 53.5 Å². The lowest BCUT2D eigenvalue weighted by atomic mass is 10.2. The Morgan fingerprint density at radius 1 is 1.33 bits per heavy atom. The molecule has 4 nitrogen and oxygen atoms in total. The standard InChI is InChI=1S/C13H12FN3O/c1-8-2-4-10(6-11(8)14)17-13(18)9-3-5-12(15)16-7-9/h2-7H,1H3,(H2,15,16)(H,17,18). The van der Waals surface area contributed by atoms with E-state index in [4.69, 9.17) is 5.73 Å². The molecule has 0 spiro atoms. The Hall–Kier alpha value is -2.43. The molecule has 0 saturated heterocycles. The number of nitrogens with zero attached hydrogens (tertiary/aromatic N) is 1. The Morgan fingerprint density at radius 3 is 2.72 bits per heavy atom. The van der Waals surface area contributed by atoms with Gasteiger partial charge in [0.15, 0.2) is 0 Å². The maximum Gasteiger partial charge on any atom is 0.257 e. The highest BCUT2D eigenvalue weighted by Gasteiger charge is 2.07. The van der Waals surface area contributed by atoms with E-state index in [1.807, 2.05) is 0 Å². The highest BCUT2D eigenvalue weighted by atomic mass is 19.1. The molecule has 5 heteroatoms. The van der Waals surface area contributed by atoms with Gasteiger partial charge in [-0.05, 0) is 36.8 Å². The number of nitrogen functional groups attached to an aromatic ring is 1. The molecule has 18 heavy (non-hydrogen) atoms. The SMILES string of the molecule is Cc1ccc(NC(=O)c2ccc(N)nc2)cc1F. The number of nitrogens with two attached hydrogens (primary N) is 1. The number of aryl methyl sites for hydroxylation is 1. The van der Waals surface area contributed by atoms with Crippen molar-refractivity contribution in [2.45, 2.75) is 6.92 Å². The topological polar surface area (TPSA) is 68.0 Å². The number of rotatable bonds is 2. The number of carbonyl (C=O) groups excluding carboxylic acids is 1. The lowest BCUT2D eigenvalue weighted by Gasteiger charge is -2.06. The predicted octanol–water partition coefficient (Wildman–Crippen LogP) is 2.36. The molecule has 0 aliphatic rings. The van der Waals surface area contributed by atoms with Crippen LogP contribution in [0, 0.1) is 12.7 Å². The monoisotopic (exact) mass is 245 g/mol. The quantitative estimate of drug-likeness (QED) is 0.853. The number of aromatic nitrogens is 1. The van der Waals surface area contributed by atoms with Gasteiger partial charge in [-0.25, -0.2) is 9.37 Å². The van der Waals surface area contributed by atoms with E-state index in [2.05, 4.69) is 10.3 Å². The van der Waals surface area contributed by atoms with Crippen molar-refractivity contribution in [3.63, 3.8) is 0 Å². The molecule has 3 N–H and O–H groups in total. The molecular weight excluding hydrogens is 233 g/mol. The molecule has 0 atom stereocenters. The van der Waals surface area contributed by atoms with Crippen LogP contribution in [0.15, 0.2) is 36.5 Å². The number of nitrogens with one attached hydrogen (secondary N) is 1. The Morgan fingerprint density at radius 2 is 2.11 bits per heavy atom. The molecule has 0 unspecified atom stereocenters.